The van der Waals surface area contributed by atoms with Gasteiger partial charge in [0.2, 0.25) is 5.91 Å². The van der Waals surface area contributed by atoms with E-state index in [1.807, 2.05) is 25.7 Å². The van der Waals surface area contributed by atoms with E-state index in [1.54, 1.807) is 0 Å². The molecule has 0 radical (unpaired) electrons. The summed E-state index contributed by atoms with van der Waals surface area (Å²) in [5.74, 6) is -0.120. The van der Waals surface area contributed by atoms with Gasteiger partial charge < -0.3 is 15.3 Å². The molecule has 1 aliphatic heterocycles. The van der Waals surface area contributed by atoms with Crippen molar-refractivity contribution >= 4 is 11.9 Å². The van der Waals surface area contributed by atoms with Crippen LogP contribution in [0.2, 0.25) is 0 Å². The lowest BCUT2D eigenvalue weighted by Gasteiger charge is -2.36. The first-order valence-corrected chi connectivity index (χ1v) is 7.67. The predicted octanol–water partition coefficient (Wildman–Crippen LogP) is 1.58. The SMILES string of the molecule is CCNCC(C)C(=O)N1CCCC(C(C)CC(=O)O)C1. The number of amides is 1. The average molecular weight is 284 g/mol. The van der Waals surface area contributed by atoms with Gasteiger partial charge in [-0.3, -0.25) is 9.59 Å². The number of hydrogen-bond acceptors (Lipinski definition) is 3. The molecule has 2 N–H and O–H groups in total. The Morgan fingerprint density at radius 1 is 1.40 bits per heavy atom. The van der Waals surface area contributed by atoms with Gasteiger partial charge in [0.1, 0.15) is 0 Å². The Hall–Kier alpha value is -1.10. The second-order valence-corrected chi connectivity index (χ2v) is 5.97. The van der Waals surface area contributed by atoms with Crippen molar-refractivity contribution in [3.63, 3.8) is 0 Å². The largest absolute Gasteiger partial charge is 0.481 e. The number of hydrogen-bond donors (Lipinski definition) is 2. The Balaban J connectivity index is 2.51. The average Bonchev–Trinajstić information content (AvgIpc) is 2.43. The highest BCUT2D eigenvalue weighted by molar-refractivity contribution is 5.78. The van der Waals surface area contributed by atoms with Gasteiger partial charge >= 0.3 is 5.97 Å². The van der Waals surface area contributed by atoms with Crippen LogP contribution in [0.5, 0.6) is 0 Å². The summed E-state index contributed by atoms with van der Waals surface area (Å²) in [4.78, 5) is 25.1. The maximum Gasteiger partial charge on any atom is 0.303 e. The summed E-state index contributed by atoms with van der Waals surface area (Å²) >= 11 is 0. The van der Waals surface area contributed by atoms with Crippen LogP contribution in [0.25, 0.3) is 0 Å². The quantitative estimate of drug-likeness (QED) is 0.745. The zero-order valence-electron chi connectivity index (χ0n) is 12.9. The van der Waals surface area contributed by atoms with Crippen molar-refractivity contribution in [1.82, 2.24) is 10.2 Å². The maximum absolute atomic E-state index is 12.4. The molecule has 3 atom stereocenters. The maximum atomic E-state index is 12.4. The minimum Gasteiger partial charge on any atom is -0.481 e. The summed E-state index contributed by atoms with van der Waals surface area (Å²) < 4.78 is 0. The molecule has 0 aromatic rings. The van der Waals surface area contributed by atoms with Gasteiger partial charge in [-0.1, -0.05) is 20.8 Å². The number of carboxylic acids is 1. The Labute approximate surface area is 121 Å². The third-order valence-corrected chi connectivity index (χ3v) is 4.19. The van der Waals surface area contributed by atoms with Crippen LogP contribution < -0.4 is 5.32 Å². The predicted molar refractivity (Wildman–Crippen MR) is 78.4 cm³/mol. The molecule has 1 aliphatic rings. The van der Waals surface area contributed by atoms with Gasteiger partial charge in [0.15, 0.2) is 0 Å². The van der Waals surface area contributed by atoms with E-state index in [9.17, 15) is 9.59 Å². The molecular weight excluding hydrogens is 256 g/mol. The second kappa shape index (κ2) is 8.25. The van der Waals surface area contributed by atoms with Crippen molar-refractivity contribution in [3.8, 4) is 0 Å². The number of nitrogens with zero attached hydrogens (tertiary/aromatic N) is 1. The van der Waals surface area contributed by atoms with Gasteiger partial charge in [0.25, 0.3) is 0 Å². The molecule has 3 unspecified atom stereocenters. The molecule has 0 bridgehead atoms. The Morgan fingerprint density at radius 3 is 2.70 bits per heavy atom. The number of nitrogens with one attached hydrogen (secondary N) is 1. The number of carboxylic acid groups (broad SMARTS) is 1. The minimum absolute atomic E-state index is 0.0107. The fourth-order valence-corrected chi connectivity index (χ4v) is 2.88. The van der Waals surface area contributed by atoms with Gasteiger partial charge in [0.05, 0.1) is 0 Å². The van der Waals surface area contributed by atoms with E-state index in [0.717, 1.165) is 25.9 Å². The van der Waals surface area contributed by atoms with E-state index in [2.05, 4.69) is 5.32 Å². The molecule has 5 heteroatoms. The smallest absolute Gasteiger partial charge is 0.303 e. The van der Waals surface area contributed by atoms with Gasteiger partial charge in [-0.25, -0.2) is 0 Å². The molecule has 1 rings (SSSR count). The molecular formula is C15H28N2O3. The minimum atomic E-state index is -0.749. The van der Waals surface area contributed by atoms with E-state index in [-0.39, 0.29) is 24.2 Å². The van der Waals surface area contributed by atoms with Crippen LogP contribution >= 0.6 is 0 Å². The van der Waals surface area contributed by atoms with Crippen molar-refractivity contribution in [3.05, 3.63) is 0 Å². The highest BCUT2D eigenvalue weighted by atomic mass is 16.4. The Kier molecular flexibility index (Phi) is 6.99. The lowest BCUT2D eigenvalue weighted by molar-refractivity contribution is -0.139. The molecule has 1 saturated heterocycles. The summed E-state index contributed by atoms with van der Waals surface area (Å²) in [5.41, 5.74) is 0. The van der Waals surface area contributed by atoms with Crippen molar-refractivity contribution in [2.45, 2.75) is 40.0 Å². The summed E-state index contributed by atoms with van der Waals surface area (Å²) in [6.45, 7) is 9.07. The van der Waals surface area contributed by atoms with E-state index >= 15 is 0 Å². The fourth-order valence-electron chi connectivity index (χ4n) is 2.88. The molecule has 0 aromatic carbocycles. The van der Waals surface area contributed by atoms with Gasteiger partial charge in [-0.15, -0.1) is 0 Å². The molecule has 116 valence electrons. The molecule has 0 spiro atoms. The summed E-state index contributed by atoms with van der Waals surface area (Å²) in [6.07, 6.45) is 2.20. The molecule has 20 heavy (non-hydrogen) atoms. The van der Waals surface area contributed by atoms with Crippen molar-refractivity contribution < 1.29 is 14.7 Å². The topological polar surface area (TPSA) is 69.6 Å². The fraction of sp³-hybridized carbons (Fsp3) is 0.867. The second-order valence-electron chi connectivity index (χ2n) is 5.97. The van der Waals surface area contributed by atoms with Gasteiger partial charge in [-0.05, 0) is 31.2 Å². The summed E-state index contributed by atoms with van der Waals surface area (Å²) in [6, 6.07) is 0. The van der Waals surface area contributed by atoms with Gasteiger partial charge in [-0.2, -0.15) is 0 Å². The van der Waals surface area contributed by atoms with E-state index in [0.29, 0.717) is 19.0 Å². The Morgan fingerprint density at radius 2 is 2.10 bits per heavy atom. The number of likely N-dealkylation sites (tertiary alicyclic amines) is 1. The van der Waals surface area contributed by atoms with Crippen LogP contribution in [0.15, 0.2) is 0 Å². The molecule has 0 aliphatic carbocycles. The number of carbonyl (C=O) groups excluding carboxylic acids is 1. The van der Waals surface area contributed by atoms with E-state index in [1.165, 1.54) is 0 Å². The zero-order chi connectivity index (χ0) is 15.1. The zero-order valence-corrected chi connectivity index (χ0v) is 12.9. The number of rotatable bonds is 7. The lowest BCUT2D eigenvalue weighted by Crippen LogP contribution is -2.45. The monoisotopic (exact) mass is 284 g/mol. The van der Waals surface area contributed by atoms with Crippen LogP contribution in [-0.2, 0) is 9.59 Å². The van der Waals surface area contributed by atoms with Crippen LogP contribution in [0.3, 0.4) is 0 Å². The van der Waals surface area contributed by atoms with Crippen LogP contribution in [0.4, 0.5) is 0 Å². The van der Waals surface area contributed by atoms with Crippen LogP contribution in [0.1, 0.15) is 40.0 Å². The molecule has 1 amide bonds. The number of carbonyl (C=O) groups is 2. The molecule has 0 aromatic heterocycles. The van der Waals surface area contributed by atoms with Crippen LogP contribution in [0, 0.1) is 17.8 Å². The number of aliphatic carboxylic acids is 1. The van der Waals surface area contributed by atoms with Gasteiger partial charge in [0, 0.05) is 32.0 Å². The molecule has 0 saturated carbocycles. The van der Waals surface area contributed by atoms with E-state index in [4.69, 9.17) is 5.11 Å². The van der Waals surface area contributed by atoms with Crippen molar-refractivity contribution in [1.29, 1.82) is 0 Å². The lowest BCUT2D eigenvalue weighted by atomic mass is 9.84. The normalized spacial score (nSPS) is 22.4. The van der Waals surface area contributed by atoms with Crippen molar-refractivity contribution in [2.24, 2.45) is 17.8 Å². The van der Waals surface area contributed by atoms with Crippen molar-refractivity contribution in [2.75, 3.05) is 26.2 Å². The highest BCUT2D eigenvalue weighted by Gasteiger charge is 2.29. The third-order valence-electron chi connectivity index (χ3n) is 4.19. The van der Waals surface area contributed by atoms with E-state index < -0.39 is 5.97 Å². The molecule has 1 heterocycles. The first kappa shape index (κ1) is 17.0. The highest BCUT2D eigenvalue weighted by Crippen LogP contribution is 2.26. The standard InChI is InChI=1S/C15H28N2O3/c1-4-16-9-12(3)15(20)17-7-5-6-13(10-17)11(2)8-14(18)19/h11-13,16H,4-10H2,1-3H3,(H,18,19). The third kappa shape index (κ3) is 5.12. The number of piperidine rings is 1. The summed E-state index contributed by atoms with van der Waals surface area (Å²) in [7, 11) is 0. The first-order chi connectivity index (χ1) is 9.45. The molecule has 1 fully saturated rings. The molecule has 5 nitrogen and oxygen atoms in total. The Bertz CT molecular complexity index is 333. The first-order valence-electron chi connectivity index (χ1n) is 7.67. The summed E-state index contributed by atoms with van der Waals surface area (Å²) in [5, 5.41) is 12.1. The van der Waals surface area contributed by atoms with Crippen LogP contribution in [-0.4, -0.2) is 48.1 Å².